The van der Waals surface area contributed by atoms with E-state index in [1.54, 1.807) is 66.7 Å². The minimum Gasteiger partial charge on any atom is -0.309 e. The predicted octanol–water partition coefficient (Wildman–Crippen LogP) is 19.2. The molecule has 88 heavy (non-hydrogen) atoms. The summed E-state index contributed by atoms with van der Waals surface area (Å²) in [6.07, 6.45) is -10.5. The molecule has 0 bridgehead atoms. The molecule has 0 fully saturated rings. The molecule has 414 valence electrons. The molecule has 2 aromatic heterocycles. The van der Waals surface area contributed by atoms with Gasteiger partial charge in [0.2, 0.25) is 0 Å². The number of rotatable bonds is 8. The molecular formula is C74H36F6N8. The van der Waals surface area contributed by atoms with E-state index < -0.39 is 29.0 Å². The van der Waals surface area contributed by atoms with E-state index >= 15 is 13.2 Å². The SMILES string of the molecule is N#Cc1ccc(-c2cc(-c3ccc(C(F)(F)F)cc3C(F)(F)F)c(C#N)cc2-n2c3ccc(-c4ccccc4C#N)cc3c3cc(-c4ccccc4C#N)ccc32)c(-n2c3ccc(-c4ccccc4C#N)cc3c3cc(-c4ccccc4C#N)ccc32)c1. The van der Waals surface area contributed by atoms with E-state index in [-0.39, 0.29) is 34.0 Å². The third-order valence-corrected chi connectivity index (χ3v) is 16.1. The highest BCUT2D eigenvalue weighted by molar-refractivity contribution is 6.14. The quantitative estimate of drug-likeness (QED) is 0.138. The Bertz CT molecular complexity index is 5180. The molecule has 13 rings (SSSR count). The fraction of sp³-hybridized carbons (Fsp3) is 0.0270. The molecule has 13 aromatic rings. The molecule has 0 spiro atoms. The number of hydrogen-bond acceptors (Lipinski definition) is 6. The minimum absolute atomic E-state index is 0.0406. The van der Waals surface area contributed by atoms with Crippen LogP contribution in [-0.4, -0.2) is 9.13 Å². The molecular weight excluding hydrogens is 1110 g/mol. The maximum Gasteiger partial charge on any atom is 0.417 e. The summed E-state index contributed by atoms with van der Waals surface area (Å²) in [6.45, 7) is 0. The van der Waals surface area contributed by atoms with Crippen molar-refractivity contribution < 1.29 is 26.3 Å². The number of benzene rings is 11. The third-order valence-electron chi connectivity index (χ3n) is 16.1. The number of hydrogen-bond donors (Lipinski definition) is 0. The third kappa shape index (κ3) is 9.16. The molecule has 0 aliphatic heterocycles. The Kier molecular flexibility index (Phi) is 13.3. The normalized spacial score (nSPS) is 11.5. The van der Waals surface area contributed by atoms with Crippen LogP contribution in [0, 0.1) is 68.0 Å². The summed E-state index contributed by atoms with van der Waals surface area (Å²) in [5.74, 6) is 0. The van der Waals surface area contributed by atoms with Crippen LogP contribution < -0.4 is 0 Å². The lowest BCUT2D eigenvalue weighted by Crippen LogP contribution is -2.12. The molecule has 0 aliphatic carbocycles. The van der Waals surface area contributed by atoms with Gasteiger partial charge < -0.3 is 9.13 Å². The van der Waals surface area contributed by atoms with Crippen molar-refractivity contribution in [1.29, 1.82) is 31.6 Å². The van der Waals surface area contributed by atoms with Crippen molar-refractivity contribution in [1.82, 2.24) is 9.13 Å². The number of nitrogens with zero attached hydrogens (tertiary/aromatic N) is 8. The summed E-state index contributed by atoms with van der Waals surface area (Å²) in [4.78, 5) is 0. The number of alkyl halides is 6. The second-order valence-corrected chi connectivity index (χ2v) is 20.9. The van der Waals surface area contributed by atoms with E-state index in [1.165, 1.54) is 12.1 Å². The molecule has 2 heterocycles. The Labute approximate surface area is 498 Å². The largest absolute Gasteiger partial charge is 0.417 e. The number of fused-ring (bicyclic) bond motifs is 6. The van der Waals surface area contributed by atoms with Crippen LogP contribution in [0.2, 0.25) is 0 Å². The Morgan fingerprint density at radius 1 is 0.273 bits per heavy atom. The molecule has 8 nitrogen and oxygen atoms in total. The average Bonchev–Trinajstić information content (AvgIpc) is 2.15. The van der Waals surface area contributed by atoms with Gasteiger partial charge >= 0.3 is 12.4 Å². The lowest BCUT2D eigenvalue weighted by Gasteiger charge is -2.22. The van der Waals surface area contributed by atoms with Gasteiger partial charge in [0.25, 0.3) is 0 Å². The highest BCUT2D eigenvalue weighted by Gasteiger charge is 2.39. The smallest absolute Gasteiger partial charge is 0.309 e. The van der Waals surface area contributed by atoms with Gasteiger partial charge in [0, 0.05) is 38.2 Å². The monoisotopic (exact) mass is 1150 g/mol. The van der Waals surface area contributed by atoms with Crippen molar-refractivity contribution in [3.63, 3.8) is 0 Å². The van der Waals surface area contributed by atoms with Crippen LogP contribution in [0.5, 0.6) is 0 Å². The predicted molar refractivity (Wildman–Crippen MR) is 326 cm³/mol. The maximum absolute atomic E-state index is 15.5. The van der Waals surface area contributed by atoms with Crippen molar-refractivity contribution in [2.24, 2.45) is 0 Å². The van der Waals surface area contributed by atoms with Crippen molar-refractivity contribution in [3.8, 4) is 115 Å². The molecule has 0 N–H and O–H groups in total. The van der Waals surface area contributed by atoms with Gasteiger partial charge in [-0.15, -0.1) is 0 Å². The summed E-state index contributed by atoms with van der Waals surface area (Å²) in [6, 6.07) is 73.3. The zero-order chi connectivity index (χ0) is 61.2. The maximum atomic E-state index is 15.5. The Morgan fingerprint density at radius 3 is 0.989 bits per heavy atom. The van der Waals surface area contributed by atoms with Gasteiger partial charge in [0.05, 0.1) is 114 Å². The second-order valence-electron chi connectivity index (χ2n) is 20.9. The van der Waals surface area contributed by atoms with Gasteiger partial charge in [-0.05, 0) is 159 Å². The summed E-state index contributed by atoms with van der Waals surface area (Å²) in [5, 5.41) is 65.7. The topological polar surface area (TPSA) is 153 Å². The zero-order valence-corrected chi connectivity index (χ0v) is 45.6. The highest BCUT2D eigenvalue weighted by atomic mass is 19.4. The van der Waals surface area contributed by atoms with Gasteiger partial charge in [-0.3, -0.25) is 0 Å². The summed E-state index contributed by atoms with van der Waals surface area (Å²) in [7, 11) is 0. The molecule has 0 atom stereocenters. The van der Waals surface area contributed by atoms with E-state index in [2.05, 4.69) is 36.4 Å². The number of halogens is 6. The van der Waals surface area contributed by atoms with E-state index in [9.17, 15) is 44.7 Å². The van der Waals surface area contributed by atoms with Crippen LogP contribution in [0.25, 0.3) is 122 Å². The van der Waals surface area contributed by atoms with Gasteiger partial charge in [0.1, 0.15) is 0 Å². The van der Waals surface area contributed by atoms with Crippen molar-refractivity contribution >= 4 is 43.6 Å². The first-order valence-corrected chi connectivity index (χ1v) is 27.2. The Balaban J connectivity index is 1.17. The standard InChI is InChI=1S/C74H36F6N8/c75-73(76,77)53-22-24-58(66(35-53)74(78,79)80)60-36-65(72(34-52(60)42-86)88-69-27-20-46(56-15-7-3-11-50(56)40-84)32-63(69)64-33-47(21-28-70(64)88)57-16-8-4-12-51(57)41-85)59-23-17-43(37-81)29-71(59)87-67-25-18-44(54-13-5-1-9-48(54)38-82)30-61(67)62-31-45(19-26-68(62)87)55-14-6-2-10-49(55)39-83/h1-36H. The van der Waals surface area contributed by atoms with Gasteiger partial charge in [0.15, 0.2) is 0 Å². The van der Waals surface area contributed by atoms with Crippen LogP contribution >= 0.6 is 0 Å². The van der Waals surface area contributed by atoms with E-state index in [0.29, 0.717) is 128 Å². The van der Waals surface area contributed by atoms with E-state index in [1.807, 2.05) is 130 Å². The van der Waals surface area contributed by atoms with Crippen LogP contribution in [0.3, 0.4) is 0 Å². The first-order chi connectivity index (χ1) is 42.6. The summed E-state index contributed by atoms with van der Waals surface area (Å²) in [5.41, 5.74) is 5.87. The van der Waals surface area contributed by atoms with Crippen LogP contribution in [0.4, 0.5) is 26.3 Å². The zero-order valence-electron chi connectivity index (χ0n) is 45.6. The molecule has 0 saturated carbocycles. The summed E-state index contributed by atoms with van der Waals surface area (Å²) >= 11 is 0. The Morgan fingerprint density at radius 2 is 0.636 bits per heavy atom. The lowest BCUT2D eigenvalue weighted by atomic mass is 9.89. The van der Waals surface area contributed by atoms with Crippen LogP contribution in [0.1, 0.15) is 44.5 Å². The van der Waals surface area contributed by atoms with Gasteiger partial charge in [-0.1, -0.05) is 109 Å². The second kappa shape index (κ2) is 21.3. The molecule has 0 aliphatic rings. The molecule has 0 saturated heterocycles. The van der Waals surface area contributed by atoms with Crippen molar-refractivity contribution in [2.45, 2.75) is 12.4 Å². The van der Waals surface area contributed by atoms with Crippen molar-refractivity contribution in [3.05, 3.63) is 263 Å². The van der Waals surface area contributed by atoms with Crippen molar-refractivity contribution in [2.75, 3.05) is 0 Å². The van der Waals surface area contributed by atoms with Crippen LogP contribution in [0.15, 0.2) is 218 Å². The Hall–Kier alpha value is -12.5. The molecule has 11 aromatic carbocycles. The van der Waals surface area contributed by atoms with Gasteiger partial charge in [-0.2, -0.15) is 57.9 Å². The summed E-state index contributed by atoms with van der Waals surface area (Å²) < 4.78 is 93.2. The minimum atomic E-state index is -5.35. The molecule has 14 heteroatoms. The van der Waals surface area contributed by atoms with E-state index in [4.69, 9.17) is 0 Å². The first-order valence-electron chi connectivity index (χ1n) is 27.2. The van der Waals surface area contributed by atoms with E-state index in [0.717, 1.165) is 6.07 Å². The molecule has 0 unspecified atom stereocenters. The average molecular weight is 1150 g/mol. The lowest BCUT2D eigenvalue weighted by molar-refractivity contribution is -0.142. The molecule has 0 amide bonds. The molecule has 0 radical (unpaired) electrons. The first kappa shape index (κ1) is 54.8. The fourth-order valence-electron chi connectivity index (χ4n) is 12.1. The van der Waals surface area contributed by atoms with Gasteiger partial charge in [-0.25, -0.2) is 0 Å². The number of nitriles is 6. The number of aromatic nitrogens is 2. The fourth-order valence-corrected chi connectivity index (χ4v) is 12.1. The highest BCUT2D eigenvalue weighted by Crippen LogP contribution is 2.49. The van der Waals surface area contributed by atoms with Crippen LogP contribution in [-0.2, 0) is 12.4 Å².